The van der Waals surface area contributed by atoms with E-state index < -0.39 is 0 Å². The van der Waals surface area contributed by atoms with Crippen LogP contribution in [0.2, 0.25) is 0 Å². The fourth-order valence-electron chi connectivity index (χ4n) is 0.382. The van der Waals surface area contributed by atoms with E-state index in [1.54, 1.807) is 6.08 Å². The second-order valence-electron chi connectivity index (χ2n) is 1.53. The second-order valence-corrected chi connectivity index (χ2v) is 1.75. The topological polar surface area (TPSA) is 18.5 Å². The molecule has 0 N–H and O–H groups in total. The number of hydrogen-bond acceptors (Lipinski definition) is 2. The lowest BCUT2D eigenvalue weighted by molar-refractivity contribution is 0.145. The highest BCUT2D eigenvalue weighted by Crippen LogP contribution is 1.86. The third-order valence-corrected chi connectivity index (χ3v) is 0.900. The van der Waals surface area contributed by atoms with E-state index in [4.69, 9.17) is 16.6 Å². The van der Waals surface area contributed by atoms with Crippen molar-refractivity contribution in [2.45, 2.75) is 6.42 Å². The van der Waals surface area contributed by atoms with Crippen LogP contribution in [0.3, 0.4) is 0 Å². The third-order valence-electron chi connectivity index (χ3n) is 0.746. The Bertz CT molecular complexity index is 66.1. The molecule has 0 aliphatic heterocycles. The van der Waals surface area contributed by atoms with Crippen LogP contribution in [0.15, 0.2) is 12.7 Å². The molecule has 0 aromatic carbocycles. The van der Waals surface area contributed by atoms with Crippen LogP contribution in [0.5, 0.6) is 0 Å². The fraction of sp³-hybridized carbons (Fsp3) is 0.667. The minimum atomic E-state index is 0.540. The van der Waals surface area contributed by atoms with Gasteiger partial charge in [-0.3, -0.25) is 4.29 Å². The average Bonchev–Trinajstić information content (AvgIpc) is 1.89. The van der Waals surface area contributed by atoms with Gasteiger partial charge in [-0.2, -0.15) is 0 Å². The van der Waals surface area contributed by atoms with Crippen LogP contribution in [-0.4, -0.2) is 19.8 Å². The van der Waals surface area contributed by atoms with E-state index in [9.17, 15) is 0 Å². The van der Waals surface area contributed by atoms with Crippen molar-refractivity contribution in [3.63, 3.8) is 0 Å². The maximum Gasteiger partial charge on any atom is 0.0704 e. The van der Waals surface area contributed by atoms with Gasteiger partial charge in [-0.1, -0.05) is 6.08 Å². The molecule has 0 fully saturated rings. The standard InChI is InChI=1S/C6H11ClO2/c1-2-4-8-5-3-6-9-7/h2H,1,3-6H2. The Morgan fingerprint density at radius 3 is 2.78 bits per heavy atom. The van der Waals surface area contributed by atoms with Crippen molar-refractivity contribution in [3.8, 4) is 0 Å². The van der Waals surface area contributed by atoms with Crippen LogP contribution in [0.1, 0.15) is 6.42 Å². The minimum absolute atomic E-state index is 0.540. The van der Waals surface area contributed by atoms with Gasteiger partial charge >= 0.3 is 0 Å². The zero-order valence-electron chi connectivity index (χ0n) is 5.31. The Morgan fingerprint density at radius 2 is 2.22 bits per heavy atom. The summed E-state index contributed by atoms with van der Waals surface area (Å²) in [5.74, 6) is 0. The SMILES string of the molecule is C=CCOCCCOCl. The van der Waals surface area contributed by atoms with Crippen LogP contribution >= 0.6 is 11.9 Å². The molecule has 54 valence electrons. The first-order valence-electron chi connectivity index (χ1n) is 2.84. The zero-order chi connectivity index (χ0) is 6.95. The molecular weight excluding hydrogens is 140 g/mol. The van der Waals surface area contributed by atoms with Gasteiger partial charge in [-0.05, 0) is 6.42 Å². The molecule has 0 spiro atoms. The van der Waals surface area contributed by atoms with Crippen molar-refractivity contribution in [3.05, 3.63) is 12.7 Å². The molecule has 3 heteroatoms. The molecule has 0 atom stereocenters. The molecular formula is C6H11ClO2. The monoisotopic (exact) mass is 150 g/mol. The molecule has 0 unspecified atom stereocenters. The summed E-state index contributed by atoms with van der Waals surface area (Å²) in [6.07, 6.45) is 2.54. The normalized spacial score (nSPS) is 9.44. The van der Waals surface area contributed by atoms with Crippen molar-refractivity contribution in [1.29, 1.82) is 0 Å². The van der Waals surface area contributed by atoms with E-state index in [1.807, 2.05) is 0 Å². The molecule has 0 amide bonds. The molecule has 2 nitrogen and oxygen atoms in total. The summed E-state index contributed by atoms with van der Waals surface area (Å²) in [5, 5.41) is 0. The average molecular weight is 151 g/mol. The summed E-state index contributed by atoms with van der Waals surface area (Å²) < 4.78 is 9.32. The van der Waals surface area contributed by atoms with E-state index in [0.717, 1.165) is 6.42 Å². The molecule has 0 radical (unpaired) electrons. The van der Waals surface area contributed by atoms with Gasteiger partial charge in [0.1, 0.15) is 0 Å². The van der Waals surface area contributed by atoms with Crippen molar-refractivity contribution in [2.24, 2.45) is 0 Å². The zero-order valence-corrected chi connectivity index (χ0v) is 6.06. The van der Waals surface area contributed by atoms with Gasteiger partial charge in [0.2, 0.25) is 0 Å². The Labute approximate surface area is 60.6 Å². The highest BCUT2D eigenvalue weighted by Gasteiger charge is 1.84. The molecule has 0 heterocycles. The van der Waals surface area contributed by atoms with Crippen LogP contribution < -0.4 is 0 Å². The summed E-state index contributed by atoms with van der Waals surface area (Å²) >= 11 is 4.94. The highest BCUT2D eigenvalue weighted by molar-refractivity contribution is 6.07. The van der Waals surface area contributed by atoms with Crippen molar-refractivity contribution in [2.75, 3.05) is 19.8 Å². The third kappa shape index (κ3) is 7.95. The molecule has 0 saturated heterocycles. The highest BCUT2D eigenvalue weighted by atomic mass is 35.5. The lowest BCUT2D eigenvalue weighted by Gasteiger charge is -1.97. The second kappa shape index (κ2) is 7.95. The summed E-state index contributed by atoms with van der Waals surface area (Å²) in [4.78, 5) is 0. The number of ether oxygens (including phenoxy) is 1. The Morgan fingerprint density at radius 1 is 1.44 bits per heavy atom. The van der Waals surface area contributed by atoms with E-state index in [0.29, 0.717) is 19.8 Å². The number of halogens is 1. The van der Waals surface area contributed by atoms with Gasteiger partial charge in [0, 0.05) is 6.61 Å². The molecule has 0 bridgehead atoms. The summed E-state index contributed by atoms with van der Waals surface area (Å²) in [6, 6.07) is 0. The van der Waals surface area contributed by atoms with Gasteiger partial charge in [-0.15, -0.1) is 6.58 Å². The number of rotatable bonds is 6. The Hall–Kier alpha value is -0.0500. The van der Waals surface area contributed by atoms with Crippen LogP contribution in [-0.2, 0) is 9.03 Å². The minimum Gasteiger partial charge on any atom is -0.377 e. The van der Waals surface area contributed by atoms with Crippen molar-refractivity contribution >= 4 is 11.9 Å². The van der Waals surface area contributed by atoms with Crippen LogP contribution in [0.25, 0.3) is 0 Å². The van der Waals surface area contributed by atoms with Crippen LogP contribution in [0, 0.1) is 0 Å². The maximum atomic E-state index is 5.03. The lowest BCUT2D eigenvalue weighted by atomic mass is 10.5. The Kier molecular flexibility index (Phi) is 7.91. The lowest BCUT2D eigenvalue weighted by Crippen LogP contribution is -1.96. The molecule has 0 aliphatic rings. The molecule has 0 rings (SSSR count). The van der Waals surface area contributed by atoms with Gasteiger partial charge in [0.15, 0.2) is 0 Å². The van der Waals surface area contributed by atoms with Crippen molar-refractivity contribution in [1.82, 2.24) is 0 Å². The van der Waals surface area contributed by atoms with Crippen molar-refractivity contribution < 1.29 is 9.03 Å². The summed E-state index contributed by atoms with van der Waals surface area (Å²) in [5.41, 5.74) is 0. The van der Waals surface area contributed by atoms with Gasteiger partial charge in [0.05, 0.1) is 25.1 Å². The van der Waals surface area contributed by atoms with Crippen LogP contribution in [0.4, 0.5) is 0 Å². The first-order chi connectivity index (χ1) is 4.41. The molecule has 0 aromatic heterocycles. The van der Waals surface area contributed by atoms with Gasteiger partial charge in [-0.25, -0.2) is 0 Å². The van der Waals surface area contributed by atoms with E-state index in [-0.39, 0.29) is 0 Å². The summed E-state index contributed by atoms with van der Waals surface area (Å²) in [7, 11) is 0. The Balaban J connectivity index is 2.66. The quantitative estimate of drug-likeness (QED) is 0.424. The maximum absolute atomic E-state index is 5.03. The molecule has 0 aromatic rings. The van der Waals surface area contributed by atoms with Gasteiger partial charge < -0.3 is 4.74 Å². The molecule has 9 heavy (non-hydrogen) atoms. The first kappa shape index (κ1) is 8.95. The smallest absolute Gasteiger partial charge is 0.0704 e. The first-order valence-corrected chi connectivity index (χ1v) is 3.15. The molecule has 0 aliphatic carbocycles. The van der Waals surface area contributed by atoms with E-state index in [2.05, 4.69) is 10.9 Å². The largest absolute Gasteiger partial charge is 0.377 e. The predicted molar refractivity (Wildman–Crippen MR) is 37.4 cm³/mol. The molecule has 0 saturated carbocycles. The predicted octanol–water partition coefficient (Wildman–Crippen LogP) is 1.75. The van der Waals surface area contributed by atoms with Gasteiger partial charge in [0.25, 0.3) is 0 Å². The van der Waals surface area contributed by atoms with E-state index >= 15 is 0 Å². The fourth-order valence-corrected chi connectivity index (χ4v) is 0.491. The van der Waals surface area contributed by atoms with E-state index in [1.165, 1.54) is 0 Å². The number of hydrogen-bond donors (Lipinski definition) is 0. The summed E-state index contributed by atoms with van der Waals surface area (Å²) in [6.45, 7) is 5.32.